The molecule has 2 aliphatic rings. The second kappa shape index (κ2) is 10.5. The molecule has 2 aliphatic heterocycles. The molecule has 2 amide bonds. The molecule has 0 bridgehead atoms. The molecule has 5 nitrogen and oxygen atoms in total. The van der Waals surface area contributed by atoms with Gasteiger partial charge < -0.3 is 15.1 Å². The van der Waals surface area contributed by atoms with Gasteiger partial charge in [0.1, 0.15) is 0 Å². The van der Waals surface area contributed by atoms with Gasteiger partial charge in [0, 0.05) is 57.4 Å². The molecule has 2 fully saturated rings. The van der Waals surface area contributed by atoms with Crippen LogP contribution in [-0.4, -0.2) is 68.2 Å². The van der Waals surface area contributed by atoms with E-state index in [1.165, 1.54) is 11.3 Å². The van der Waals surface area contributed by atoms with Crippen molar-refractivity contribution in [2.75, 3.05) is 57.3 Å². The fraction of sp³-hybridized carbons (Fsp3) is 0.480. The lowest BCUT2D eigenvalue weighted by atomic mass is 9.99. The van der Waals surface area contributed by atoms with Crippen molar-refractivity contribution in [1.82, 2.24) is 15.1 Å². The molecule has 0 spiro atoms. The molecule has 2 aromatic rings. The van der Waals surface area contributed by atoms with Crippen LogP contribution in [0.4, 0.5) is 10.5 Å². The molecule has 1 atom stereocenters. The number of hydrogen-bond acceptors (Lipinski definition) is 3. The van der Waals surface area contributed by atoms with Gasteiger partial charge in [0.05, 0.1) is 0 Å². The van der Waals surface area contributed by atoms with Gasteiger partial charge in [-0.2, -0.15) is 0 Å². The second-order valence-corrected chi connectivity index (χ2v) is 8.45. The maximum absolute atomic E-state index is 12.5. The molecule has 2 aromatic carbocycles. The van der Waals surface area contributed by atoms with E-state index in [2.05, 4.69) is 69.7 Å². The van der Waals surface area contributed by atoms with Crippen molar-refractivity contribution in [2.45, 2.75) is 25.2 Å². The van der Waals surface area contributed by atoms with Gasteiger partial charge in [-0.1, -0.05) is 48.5 Å². The Kier molecular flexibility index (Phi) is 7.25. The molecule has 30 heavy (non-hydrogen) atoms. The highest BCUT2D eigenvalue weighted by Gasteiger charge is 2.26. The molecular formula is C25H34N4O. The summed E-state index contributed by atoms with van der Waals surface area (Å²) in [5, 5.41) is 3.12. The number of unbranched alkanes of at least 4 members (excludes halogenated alkanes) is 1. The third-order valence-electron chi connectivity index (χ3n) is 6.42. The highest BCUT2D eigenvalue weighted by Crippen LogP contribution is 2.26. The van der Waals surface area contributed by atoms with E-state index in [1.54, 1.807) is 0 Å². The number of para-hydroxylation sites is 1. The number of rotatable bonds is 7. The molecule has 1 N–H and O–H groups in total. The van der Waals surface area contributed by atoms with E-state index in [0.29, 0.717) is 5.92 Å². The highest BCUT2D eigenvalue weighted by molar-refractivity contribution is 5.74. The Morgan fingerprint density at radius 3 is 2.30 bits per heavy atom. The topological polar surface area (TPSA) is 38.8 Å². The minimum absolute atomic E-state index is 0.102. The monoisotopic (exact) mass is 406 g/mol. The normalized spacial score (nSPS) is 19.8. The van der Waals surface area contributed by atoms with Crippen molar-refractivity contribution < 1.29 is 4.79 Å². The largest absolute Gasteiger partial charge is 0.369 e. The van der Waals surface area contributed by atoms with Gasteiger partial charge in [-0.3, -0.25) is 4.90 Å². The highest BCUT2D eigenvalue weighted by atomic mass is 16.2. The van der Waals surface area contributed by atoms with Gasteiger partial charge in [0.25, 0.3) is 0 Å². The van der Waals surface area contributed by atoms with Crippen molar-refractivity contribution in [3.63, 3.8) is 0 Å². The quantitative estimate of drug-likeness (QED) is 0.711. The summed E-state index contributed by atoms with van der Waals surface area (Å²) < 4.78 is 0. The number of amides is 2. The lowest BCUT2D eigenvalue weighted by molar-refractivity contribution is 0.207. The zero-order valence-corrected chi connectivity index (χ0v) is 17.9. The van der Waals surface area contributed by atoms with E-state index < -0.39 is 0 Å². The summed E-state index contributed by atoms with van der Waals surface area (Å²) in [6, 6.07) is 21.3. The number of piperazine rings is 1. The molecular weight excluding hydrogens is 372 g/mol. The molecule has 160 valence electrons. The fourth-order valence-corrected chi connectivity index (χ4v) is 4.58. The molecule has 0 radical (unpaired) electrons. The number of carbonyl (C=O) groups is 1. The van der Waals surface area contributed by atoms with Crippen LogP contribution in [0.2, 0.25) is 0 Å². The van der Waals surface area contributed by atoms with Crippen molar-refractivity contribution in [3.05, 3.63) is 66.2 Å². The Morgan fingerprint density at radius 2 is 1.57 bits per heavy atom. The Morgan fingerprint density at radius 1 is 0.867 bits per heavy atom. The molecule has 0 aromatic heterocycles. The molecule has 5 heteroatoms. The van der Waals surface area contributed by atoms with E-state index >= 15 is 0 Å². The number of carbonyl (C=O) groups excluding carboxylic acids is 1. The Bertz CT molecular complexity index is 774. The van der Waals surface area contributed by atoms with Crippen LogP contribution >= 0.6 is 0 Å². The summed E-state index contributed by atoms with van der Waals surface area (Å²) in [6.07, 6.45) is 3.24. The lowest BCUT2D eigenvalue weighted by Gasteiger charge is -2.36. The van der Waals surface area contributed by atoms with Crippen molar-refractivity contribution in [2.24, 2.45) is 0 Å². The van der Waals surface area contributed by atoms with E-state index in [4.69, 9.17) is 0 Å². The number of anilines is 1. The SMILES string of the molecule is O=C(NCCCCN1CCN(c2ccccc2)CC1)N1CCC(c2ccccc2)C1. The molecule has 0 saturated carbocycles. The first-order valence-electron chi connectivity index (χ1n) is 11.4. The van der Waals surface area contributed by atoms with Crippen molar-refractivity contribution in [3.8, 4) is 0 Å². The van der Waals surface area contributed by atoms with Crippen molar-refractivity contribution >= 4 is 11.7 Å². The standard InChI is InChI=1S/C25H34N4O/c30-25(29-16-13-23(21-29)22-9-3-1-4-10-22)26-14-7-8-15-27-17-19-28(20-18-27)24-11-5-2-6-12-24/h1-6,9-12,23H,7-8,13-21H2,(H,26,30). The summed E-state index contributed by atoms with van der Waals surface area (Å²) in [5.74, 6) is 0.478. The number of urea groups is 1. The third kappa shape index (κ3) is 5.54. The minimum Gasteiger partial charge on any atom is -0.369 e. The zero-order valence-electron chi connectivity index (χ0n) is 17.9. The maximum Gasteiger partial charge on any atom is 0.317 e. The van der Waals surface area contributed by atoms with Crippen LogP contribution in [-0.2, 0) is 0 Å². The molecule has 2 saturated heterocycles. The number of likely N-dealkylation sites (tertiary alicyclic amines) is 1. The summed E-state index contributed by atoms with van der Waals surface area (Å²) in [5.41, 5.74) is 2.68. The Balaban J connectivity index is 1.08. The van der Waals surface area contributed by atoms with Gasteiger partial charge in [-0.05, 0) is 43.5 Å². The van der Waals surface area contributed by atoms with E-state index in [-0.39, 0.29) is 6.03 Å². The van der Waals surface area contributed by atoms with Crippen LogP contribution in [0.5, 0.6) is 0 Å². The molecule has 0 aliphatic carbocycles. The van der Waals surface area contributed by atoms with Crippen LogP contribution in [0.1, 0.15) is 30.7 Å². The average molecular weight is 407 g/mol. The van der Waals surface area contributed by atoms with Crippen LogP contribution < -0.4 is 10.2 Å². The van der Waals surface area contributed by atoms with Gasteiger partial charge in [0.2, 0.25) is 0 Å². The number of nitrogens with one attached hydrogen (secondary N) is 1. The van der Waals surface area contributed by atoms with Crippen LogP contribution in [0.15, 0.2) is 60.7 Å². The van der Waals surface area contributed by atoms with E-state index in [9.17, 15) is 4.79 Å². The first kappa shape index (κ1) is 20.7. The minimum atomic E-state index is 0.102. The lowest BCUT2D eigenvalue weighted by Crippen LogP contribution is -2.46. The number of hydrogen-bond donors (Lipinski definition) is 1. The van der Waals surface area contributed by atoms with Gasteiger partial charge in [-0.25, -0.2) is 4.79 Å². The first-order chi connectivity index (χ1) is 14.8. The Labute approximate surface area is 180 Å². The summed E-state index contributed by atoms with van der Waals surface area (Å²) in [7, 11) is 0. The predicted octanol–water partition coefficient (Wildman–Crippen LogP) is 3.79. The van der Waals surface area contributed by atoms with E-state index in [0.717, 1.165) is 71.6 Å². The van der Waals surface area contributed by atoms with Gasteiger partial charge in [-0.15, -0.1) is 0 Å². The summed E-state index contributed by atoms with van der Waals surface area (Å²) >= 11 is 0. The summed E-state index contributed by atoms with van der Waals surface area (Å²) in [4.78, 5) is 19.4. The van der Waals surface area contributed by atoms with Gasteiger partial charge in [0.15, 0.2) is 0 Å². The van der Waals surface area contributed by atoms with Crippen LogP contribution in [0.3, 0.4) is 0 Å². The second-order valence-electron chi connectivity index (χ2n) is 8.45. The Hall–Kier alpha value is -2.53. The summed E-state index contributed by atoms with van der Waals surface area (Å²) in [6.45, 7) is 8.02. The average Bonchev–Trinajstić information content (AvgIpc) is 3.31. The number of benzene rings is 2. The van der Waals surface area contributed by atoms with Gasteiger partial charge >= 0.3 is 6.03 Å². The zero-order chi connectivity index (χ0) is 20.6. The fourth-order valence-electron chi connectivity index (χ4n) is 4.58. The van der Waals surface area contributed by atoms with E-state index in [1.807, 2.05) is 11.0 Å². The van der Waals surface area contributed by atoms with Crippen LogP contribution in [0.25, 0.3) is 0 Å². The van der Waals surface area contributed by atoms with Crippen molar-refractivity contribution in [1.29, 1.82) is 0 Å². The molecule has 4 rings (SSSR count). The first-order valence-corrected chi connectivity index (χ1v) is 11.4. The smallest absolute Gasteiger partial charge is 0.317 e. The predicted molar refractivity (Wildman–Crippen MR) is 123 cm³/mol. The third-order valence-corrected chi connectivity index (χ3v) is 6.42. The molecule has 2 heterocycles. The van der Waals surface area contributed by atoms with Crippen LogP contribution in [0, 0.1) is 0 Å². The molecule has 1 unspecified atom stereocenters. The maximum atomic E-state index is 12.5. The number of nitrogens with zero attached hydrogens (tertiary/aromatic N) is 3.